The molecule has 96 valence electrons. The molecule has 0 aliphatic rings. The molecule has 0 fully saturated rings. The Labute approximate surface area is 103 Å². The predicted octanol–water partition coefficient (Wildman–Crippen LogP) is 1.73. The summed E-state index contributed by atoms with van der Waals surface area (Å²) < 4.78 is 0. The summed E-state index contributed by atoms with van der Waals surface area (Å²) in [6, 6.07) is 0. The van der Waals surface area contributed by atoms with E-state index in [4.69, 9.17) is 0 Å². The first-order valence-electron chi connectivity index (χ1n) is 5.89. The molecule has 0 spiro atoms. The normalized spacial score (nSPS) is 14.5. The maximum absolute atomic E-state index is 10.1. The van der Waals surface area contributed by atoms with Crippen LogP contribution in [0.15, 0.2) is 12.4 Å². The molecule has 0 radical (unpaired) electrons. The minimum Gasteiger partial charge on any atom is -0.388 e. The highest BCUT2D eigenvalue weighted by Crippen LogP contribution is 2.17. The van der Waals surface area contributed by atoms with Crippen molar-refractivity contribution in [3.05, 3.63) is 12.4 Å². The Morgan fingerprint density at radius 2 is 2.00 bits per heavy atom. The summed E-state index contributed by atoms with van der Waals surface area (Å²) in [7, 11) is 1.79. The summed E-state index contributed by atoms with van der Waals surface area (Å²) in [5.41, 5.74) is -0.731. The van der Waals surface area contributed by atoms with Gasteiger partial charge in [-0.3, -0.25) is 4.98 Å². The zero-order chi connectivity index (χ0) is 12.9. The van der Waals surface area contributed by atoms with E-state index in [2.05, 4.69) is 34.4 Å². The second kappa shape index (κ2) is 5.82. The van der Waals surface area contributed by atoms with Crippen LogP contribution in [0.5, 0.6) is 0 Å². The number of rotatable bonds is 6. The van der Waals surface area contributed by atoms with Gasteiger partial charge in [0.15, 0.2) is 0 Å². The number of anilines is 2. The Hall–Kier alpha value is -1.36. The van der Waals surface area contributed by atoms with Crippen molar-refractivity contribution < 1.29 is 5.11 Å². The fourth-order valence-corrected chi connectivity index (χ4v) is 1.80. The SMILES string of the molecule is CNc1cncc(NCC(C)(O)CC(C)C)n1. The Balaban J connectivity index is 2.54. The average molecular weight is 238 g/mol. The molecule has 0 amide bonds. The zero-order valence-corrected chi connectivity index (χ0v) is 11.0. The summed E-state index contributed by atoms with van der Waals surface area (Å²) in [4.78, 5) is 8.33. The molecule has 3 N–H and O–H groups in total. The first kappa shape index (κ1) is 13.7. The van der Waals surface area contributed by atoms with Gasteiger partial charge >= 0.3 is 0 Å². The van der Waals surface area contributed by atoms with Gasteiger partial charge in [-0.15, -0.1) is 0 Å². The number of hydrogen-bond donors (Lipinski definition) is 3. The predicted molar refractivity (Wildman–Crippen MR) is 70.1 cm³/mol. The van der Waals surface area contributed by atoms with E-state index in [1.54, 1.807) is 19.4 Å². The molecule has 1 heterocycles. The van der Waals surface area contributed by atoms with Gasteiger partial charge in [-0.05, 0) is 19.3 Å². The summed E-state index contributed by atoms with van der Waals surface area (Å²) in [5, 5.41) is 16.2. The maximum atomic E-state index is 10.1. The van der Waals surface area contributed by atoms with Crippen molar-refractivity contribution in [2.45, 2.75) is 32.8 Å². The van der Waals surface area contributed by atoms with Gasteiger partial charge in [-0.2, -0.15) is 0 Å². The molecule has 1 aromatic rings. The smallest absolute Gasteiger partial charge is 0.147 e. The number of aromatic nitrogens is 2. The van der Waals surface area contributed by atoms with Crippen molar-refractivity contribution in [1.29, 1.82) is 0 Å². The molecule has 0 saturated carbocycles. The molecule has 0 aromatic carbocycles. The van der Waals surface area contributed by atoms with E-state index < -0.39 is 5.60 Å². The van der Waals surface area contributed by atoms with Crippen LogP contribution in [0.1, 0.15) is 27.2 Å². The molecule has 1 aromatic heterocycles. The van der Waals surface area contributed by atoms with Gasteiger partial charge in [-0.25, -0.2) is 4.98 Å². The van der Waals surface area contributed by atoms with Crippen LogP contribution >= 0.6 is 0 Å². The monoisotopic (exact) mass is 238 g/mol. The third-order valence-electron chi connectivity index (χ3n) is 2.39. The molecule has 0 bridgehead atoms. The van der Waals surface area contributed by atoms with E-state index in [9.17, 15) is 5.11 Å². The van der Waals surface area contributed by atoms with Crippen molar-refractivity contribution in [3.63, 3.8) is 0 Å². The molecule has 1 atom stereocenters. The van der Waals surface area contributed by atoms with Gasteiger partial charge in [0.25, 0.3) is 0 Å². The second-order valence-corrected chi connectivity index (χ2v) is 4.99. The Morgan fingerprint density at radius 1 is 1.35 bits per heavy atom. The first-order valence-corrected chi connectivity index (χ1v) is 5.89. The van der Waals surface area contributed by atoms with E-state index in [1.807, 2.05) is 6.92 Å². The molecular weight excluding hydrogens is 216 g/mol. The van der Waals surface area contributed by atoms with Crippen LogP contribution in [-0.4, -0.2) is 34.3 Å². The van der Waals surface area contributed by atoms with Crippen LogP contribution in [0.4, 0.5) is 11.6 Å². The molecule has 0 aliphatic heterocycles. The molecule has 0 aliphatic carbocycles. The van der Waals surface area contributed by atoms with Gasteiger partial charge in [0.1, 0.15) is 11.6 Å². The highest BCUT2D eigenvalue weighted by atomic mass is 16.3. The van der Waals surface area contributed by atoms with E-state index >= 15 is 0 Å². The van der Waals surface area contributed by atoms with Crippen molar-refractivity contribution in [2.75, 3.05) is 24.2 Å². The fraction of sp³-hybridized carbons (Fsp3) is 0.667. The van der Waals surface area contributed by atoms with Gasteiger partial charge in [-0.1, -0.05) is 13.8 Å². The van der Waals surface area contributed by atoms with Gasteiger partial charge in [0, 0.05) is 13.6 Å². The Bertz CT molecular complexity index is 352. The third-order valence-corrected chi connectivity index (χ3v) is 2.39. The Morgan fingerprint density at radius 3 is 2.59 bits per heavy atom. The summed E-state index contributed by atoms with van der Waals surface area (Å²) in [5.74, 6) is 1.83. The molecular formula is C12H22N4O. The van der Waals surface area contributed by atoms with Gasteiger partial charge in [0.05, 0.1) is 18.0 Å². The Kier molecular flexibility index (Phi) is 4.69. The number of aliphatic hydroxyl groups is 1. The fourth-order valence-electron chi connectivity index (χ4n) is 1.80. The first-order chi connectivity index (χ1) is 7.93. The second-order valence-electron chi connectivity index (χ2n) is 4.99. The topological polar surface area (TPSA) is 70.1 Å². The highest BCUT2D eigenvalue weighted by molar-refractivity contribution is 5.41. The van der Waals surface area contributed by atoms with Crippen LogP contribution in [0.25, 0.3) is 0 Å². The van der Waals surface area contributed by atoms with Gasteiger partial charge in [0.2, 0.25) is 0 Å². The van der Waals surface area contributed by atoms with Crippen LogP contribution < -0.4 is 10.6 Å². The van der Waals surface area contributed by atoms with Gasteiger partial charge < -0.3 is 15.7 Å². The molecule has 5 heteroatoms. The van der Waals surface area contributed by atoms with Crippen LogP contribution in [-0.2, 0) is 0 Å². The minimum absolute atomic E-state index is 0.460. The summed E-state index contributed by atoms with van der Waals surface area (Å²) in [6.45, 7) is 6.48. The number of nitrogens with one attached hydrogen (secondary N) is 2. The lowest BCUT2D eigenvalue weighted by Crippen LogP contribution is -2.35. The van der Waals surface area contributed by atoms with Crippen LogP contribution in [0.3, 0.4) is 0 Å². The number of nitrogens with zero attached hydrogens (tertiary/aromatic N) is 2. The van der Waals surface area contributed by atoms with E-state index in [-0.39, 0.29) is 0 Å². The maximum Gasteiger partial charge on any atom is 0.147 e. The zero-order valence-electron chi connectivity index (χ0n) is 11.0. The minimum atomic E-state index is -0.731. The quantitative estimate of drug-likeness (QED) is 0.704. The molecule has 1 rings (SSSR count). The third kappa shape index (κ3) is 4.99. The van der Waals surface area contributed by atoms with E-state index in [0.29, 0.717) is 24.1 Å². The highest BCUT2D eigenvalue weighted by Gasteiger charge is 2.21. The largest absolute Gasteiger partial charge is 0.388 e. The van der Waals surface area contributed by atoms with Crippen molar-refractivity contribution in [2.24, 2.45) is 5.92 Å². The van der Waals surface area contributed by atoms with Crippen molar-refractivity contribution >= 4 is 11.6 Å². The summed E-state index contributed by atoms with van der Waals surface area (Å²) in [6.07, 6.45) is 4.04. The molecule has 0 saturated heterocycles. The lowest BCUT2D eigenvalue weighted by Gasteiger charge is -2.25. The summed E-state index contributed by atoms with van der Waals surface area (Å²) >= 11 is 0. The number of hydrogen-bond acceptors (Lipinski definition) is 5. The van der Waals surface area contributed by atoms with Crippen LogP contribution in [0, 0.1) is 5.92 Å². The molecule has 1 unspecified atom stereocenters. The lowest BCUT2D eigenvalue weighted by molar-refractivity contribution is 0.0515. The average Bonchev–Trinajstić information content (AvgIpc) is 2.25. The molecule has 5 nitrogen and oxygen atoms in total. The van der Waals surface area contributed by atoms with Crippen molar-refractivity contribution in [1.82, 2.24) is 9.97 Å². The molecule has 17 heavy (non-hydrogen) atoms. The standard InChI is InChI=1S/C12H22N4O/c1-9(2)5-12(3,17)8-15-11-7-14-6-10(13-4)16-11/h6-7,9,17H,5,8H2,1-4H3,(H2,13,15,16). The van der Waals surface area contributed by atoms with E-state index in [1.165, 1.54) is 0 Å². The van der Waals surface area contributed by atoms with Crippen molar-refractivity contribution in [3.8, 4) is 0 Å². The lowest BCUT2D eigenvalue weighted by atomic mass is 9.94. The van der Waals surface area contributed by atoms with E-state index in [0.717, 1.165) is 6.42 Å². The van der Waals surface area contributed by atoms with Crippen LogP contribution in [0.2, 0.25) is 0 Å².